The van der Waals surface area contributed by atoms with Crippen LogP contribution in [0.2, 0.25) is 0 Å². The van der Waals surface area contributed by atoms with Crippen molar-refractivity contribution in [2.45, 2.75) is 51.9 Å². The molecule has 1 fully saturated rings. The Labute approximate surface area is 169 Å². The molecule has 0 aliphatic carbocycles. The van der Waals surface area contributed by atoms with E-state index < -0.39 is 0 Å². The lowest BCUT2D eigenvalue weighted by Gasteiger charge is -2.25. The minimum Gasteiger partial charge on any atom is -0.496 e. The number of hydrogen-bond donors (Lipinski definition) is 0. The van der Waals surface area contributed by atoms with E-state index in [-0.39, 0.29) is 0 Å². The molecular weight excluding hydrogens is 352 g/mol. The highest BCUT2D eigenvalue weighted by molar-refractivity contribution is 5.44. The van der Waals surface area contributed by atoms with Gasteiger partial charge >= 0.3 is 0 Å². The number of allylic oxidation sites excluding steroid dienone is 1. The third kappa shape index (κ3) is 7.82. The van der Waals surface area contributed by atoms with Crippen LogP contribution in [0.15, 0.2) is 30.0 Å². The Kier molecular flexibility index (Phi) is 10.3. The van der Waals surface area contributed by atoms with Crippen LogP contribution in [-0.4, -0.2) is 44.9 Å². The molecule has 1 aromatic carbocycles. The van der Waals surface area contributed by atoms with Gasteiger partial charge in [0.25, 0.3) is 0 Å². The van der Waals surface area contributed by atoms with Gasteiger partial charge in [-0.1, -0.05) is 39.0 Å². The maximum Gasteiger partial charge on any atom is 0.122 e. The van der Waals surface area contributed by atoms with Crippen LogP contribution >= 0.6 is 0 Å². The number of hydrogen-bond acceptors (Lipinski definition) is 5. The van der Waals surface area contributed by atoms with Gasteiger partial charge in [-0.3, -0.25) is 0 Å². The van der Waals surface area contributed by atoms with Crippen molar-refractivity contribution in [2.24, 2.45) is 0 Å². The summed E-state index contributed by atoms with van der Waals surface area (Å²) in [4.78, 5) is 2.15. The van der Waals surface area contributed by atoms with Crippen molar-refractivity contribution in [3.8, 4) is 17.6 Å². The average Bonchev–Trinajstić information content (AvgIpc) is 2.73. The summed E-state index contributed by atoms with van der Waals surface area (Å²) < 4.78 is 16.8. The topological polar surface area (TPSA) is 54.7 Å². The first-order valence-corrected chi connectivity index (χ1v) is 10.5. The van der Waals surface area contributed by atoms with E-state index in [0.717, 1.165) is 43.2 Å². The van der Waals surface area contributed by atoms with E-state index in [2.05, 4.69) is 17.9 Å². The van der Waals surface area contributed by atoms with Crippen molar-refractivity contribution in [1.82, 2.24) is 4.90 Å². The minimum atomic E-state index is 0.533. The highest BCUT2D eigenvalue weighted by Crippen LogP contribution is 2.27. The molecule has 0 N–H and O–H groups in total. The lowest BCUT2D eigenvalue weighted by Crippen LogP contribution is -2.32. The second-order valence-corrected chi connectivity index (χ2v) is 7.18. The van der Waals surface area contributed by atoms with Crippen molar-refractivity contribution in [1.29, 1.82) is 5.26 Å². The van der Waals surface area contributed by atoms with Crippen LogP contribution < -0.4 is 9.47 Å². The molecule has 2 rings (SSSR count). The molecule has 0 aromatic heterocycles. The summed E-state index contributed by atoms with van der Waals surface area (Å²) in [5.41, 5.74) is 1.69. The molecule has 0 spiro atoms. The van der Waals surface area contributed by atoms with E-state index in [1.165, 1.54) is 32.1 Å². The average molecular weight is 387 g/mol. The van der Waals surface area contributed by atoms with Crippen molar-refractivity contribution < 1.29 is 14.2 Å². The molecule has 1 aromatic rings. The number of nitriles is 1. The fraction of sp³-hybridized carbons (Fsp3) is 0.609. The molecule has 0 amide bonds. The van der Waals surface area contributed by atoms with Gasteiger partial charge in [0.1, 0.15) is 11.5 Å². The zero-order chi connectivity index (χ0) is 20.0. The number of ether oxygens (including phenoxy) is 3. The van der Waals surface area contributed by atoms with Gasteiger partial charge in [-0.15, -0.1) is 0 Å². The van der Waals surface area contributed by atoms with Crippen LogP contribution in [0.25, 0.3) is 0 Å². The van der Waals surface area contributed by atoms with Crippen LogP contribution in [0.5, 0.6) is 11.5 Å². The lowest BCUT2D eigenvalue weighted by molar-refractivity contribution is 0.0591. The summed E-state index contributed by atoms with van der Waals surface area (Å²) in [6.07, 6.45) is 9.96. The van der Waals surface area contributed by atoms with Gasteiger partial charge in [-0.25, -0.2) is 0 Å². The number of unbranched alkanes of at least 4 members (excludes halogenated alkanes) is 5. The van der Waals surface area contributed by atoms with Gasteiger partial charge in [-0.05, 0) is 24.6 Å². The SMILES string of the molecule is CCCCCCCCOc1ccc(OC)c(C/C(C#N)=C/N2CCOCC2)c1. The van der Waals surface area contributed by atoms with E-state index in [0.29, 0.717) is 25.2 Å². The molecule has 0 atom stereocenters. The van der Waals surface area contributed by atoms with E-state index >= 15 is 0 Å². The van der Waals surface area contributed by atoms with Gasteiger partial charge in [0.15, 0.2) is 0 Å². The Bertz CT molecular complexity index is 646. The molecule has 1 aliphatic heterocycles. The number of rotatable bonds is 12. The molecule has 0 unspecified atom stereocenters. The van der Waals surface area contributed by atoms with Gasteiger partial charge in [0.2, 0.25) is 0 Å². The Hall–Kier alpha value is -2.19. The lowest BCUT2D eigenvalue weighted by atomic mass is 10.0. The van der Waals surface area contributed by atoms with Gasteiger partial charge in [0.05, 0.1) is 33.0 Å². The van der Waals surface area contributed by atoms with E-state index in [4.69, 9.17) is 14.2 Å². The van der Waals surface area contributed by atoms with Crippen LogP contribution in [0.1, 0.15) is 51.0 Å². The Balaban J connectivity index is 1.92. The van der Waals surface area contributed by atoms with Crippen molar-refractivity contribution in [2.75, 3.05) is 40.0 Å². The molecule has 0 radical (unpaired) electrons. The minimum absolute atomic E-state index is 0.533. The fourth-order valence-corrected chi connectivity index (χ4v) is 3.30. The first kappa shape index (κ1) is 22.1. The number of benzene rings is 1. The monoisotopic (exact) mass is 386 g/mol. The summed E-state index contributed by atoms with van der Waals surface area (Å²) >= 11 is 0. The molecule has 5 heteroatoms. The summed E-state index contributed by atoms with van der Waals surface area (Å²) in [6, 6.07) is 8.20. The zero-order valence-corrected chi connectivity index (χ0v) is 17.4. The van der Waals surface area contributed by atoms with Crippen LogP contribution in [0, 0.1) is 11.3 Å². The summed E-state index contributed by atoms with van der Waals surface area (Å²) in [6.45, 7) is 6.03. The Morgan fingerprint density at radius 3 is 2.64 bits per heavy atom. The zero-order valence-electron chi connectivity index (χ0n) is 17.4. The molecule has 1 saturated heterocycles. The molecular formula is C23H34N2O3. The van der Waals surface area contributed by atoms with Crippen molar-refractivity contribution in [3.63, 3.8) is 0 Å². The van der Waals surface area contributed by atoms with Gasteiger partial charge < -0.3 is 19.1 Å². The highest BCUT2D eigenvalue weighted by Gasteiger charge is 2.11. The summed E-state index contributed by atoms with van der Waals surface area (Å²) in [5.74, 6) is 1.63. The molecule has 0 saturated carbocycles. The Morgan fingerprint density at radius 1 is 1.18 bits per heavy atom. The normalized spacial score (nSPS) is 14.6. The number of nitrogens with zero attached hydrogens (tertiary/aromatic N) is 2. The number of methoxy groups -OCH3 is 1. The summed E-state index contributed by atoms with van der Waals surface area (Å²) in [7, 11) is 1.66. The molecule has 1 heterocycles. The highest BCUT2D eigenvalue weighted by atomic mass is 16.5. The molecule has 1 aliphatic rings. The third-order valence-electron chi connectivity index (χ3n) is 4.93. The quantitative estimate of drug-likeness (QED) is 0.384. The van der Waals surface area contributed by atoms with Crippen LogP contribution in [0.4, 0.5) is 0 Å². The van der Waals surface area contributed by atoms with E-state index in [1.54, 1.807) is 7.11 Å². The smallest absolute Gasteiger partial charge is 0.122 e. The van der Waals surface area contributed by atoms with Crippen LogP contribution in [-0.2, 0) is 11.2 Å². The molecule has 5 nitrogen and oxygen atoms in total. The maximum absolute atomic E-state index is 9.56. The van der Waals surface area contributed by atoms with Gasteiger partial charge in [-0.2, -0.15) is 5.26 Å². The first-order chi connectivity index (χ1) is 13.8. The number of morpholine rings is 1. The molecule has 0 bridgehead atoms. The second-order valence-electron chi connectivity index (χ2n) is 7.18. The standard InChI is InChI=1S/C23H34N2O3/c1-3-4-5-6-7-8-13-28-22-9-10-23(26-2)21(17-22)16-20(18-24)19-25-11-14-27-15-12-25/h9-10,17,19H,3-8,11-16H2,1-2H3/b20-19-. The maximum atomic E-state index is 9.56. The van der Waals surface area contributed by atoms with Crippen LogP contribution in [0.3, 0.4) is 0 Å². The molecule has 154 valence electrons. The largest absolute Gasteiger partial charge is 0.496 e. The van der Waals surface area contributed by atoms with Crippen molar-refractivity contribution in [3.05, 3.63) is 35.5 Å². The van der Waals surface area contributed by atoms with E-state index in [9.17, 15) is 5.26 Å². The second kappa shape index (κ2) is 13.1. The predicted octanol–water partition coefficient (Wildman–Crippen LogP) is 4.72. The first-order valence-electron chi connectivity index (χ1n) is 10.5. The van der Waals surface area contributed by atoms with E-state index in [1.807, 2.05) is 24.4 Å². The third-order valence-corrected chi connectivity index (χ3v) is 4.93. The molecule has 28 heavy (non-hydrogen) atoms. The van der Waals surface area contributed by atoms with Gasteiger partial charge in [0, 0.05) is 36.8 Å². The Morgan fingerprint density at radius 2 is 1.93 bits per heavy atom. The summed E-state index contributed by atoms with van der Waals surface area (Å²) in [5, 5.41) is 9.56. The van der Waals surface area contributed by atoms with Crippen molar-refractivity contribution >= 4 is 0 Å². The predicted molar refractivity (Wildman–Crippen MR) is 112 cm³/mol. The fourth-order valence-electron chi connectivity index (χ4n) is 3.30.